The van der Waals surface area contributed by atoms with Gasteiger partial charge in [0.15, 0.2) is 0 Å². The number of phenolic OH excluding ortho intramolecular Hbond substituents is 1. The molecule has 0 aromatic heterocycles. The molecule has 1 aromatic rings. The van der Waals surface area contributed by atoms with Gasteiger partial charge in [-0.2, -0.15) is 0 Å². The van der Waals surface area contributed by atoms with Crippen LogP contribution < -0.4 is 11.1 Å². The first kappa shape index (κ1) is 26.9. The Morgan fingerprint density at radius 3 is 2.19 bits per heavy atom. The third-order valence-corrected chi connectivity index (χ3v) is 6.63. The average Bonchev–Trinajstić information content (AvgIpc) is 3.52. The second kappa shape index (κ2) is 11.8. The van der Waals surface area contributed by atoms with Crippen LogP contribution in [0.4, 0.5) is 0 Å². The predicted octanol–water partition coefficient (Wildman–Crippen LogP) is -0.322. The summed E-state index contributed by atoms with van der Waals surface area (Å²) in [6.07, 6.45) is 1.33. The number of nitrogens with two attached hydrogens (primary N) is 1. The Kier molecular flexibility index (Phi) is 8.86. The van der Waals surface area contributed by atoms with Crippen LogP contribution in [0.15, 0.2) is 24.3 Å². The highest BCUT2D eigenvalue weighted by molar-refractivity contribution is 5.95. The number of aromatic hydroxyl groups is 1. The first-order valence-electron chi connectivity index (χ1n) is 12.0. The van der Waals surface area contributed by atoms with E-state index in [1.165, 1.54) is 21.9 Å². The molecule has 3 rings (SSSR count). The number of amides is 3. The maximum absolute atomic E-state index is 13.4. The Morgan fingerprint density at radius 2 is 1.58 bits per heavy atom. The van der Waals surface area contributed by atoms with E-state index in [1.807, 2.05) is 0 Å². The predicted molar refractivity (Wildman–Crippen MR) is 126 cm³/mol. The second-order valence-corrected chi connectivity index (χ2v) is 9.19. The molecule has 4 atom stereocenters. The minimum atomic E-state index is -1.21. The van der Waals surface area contributed by atoms with Gasteiger partial charge in [0.1, 0.15) is 23.9 Å². The summed E-state index contributed by atoms with van der Waals surface area (Å²) in [6, 6.07) is 2.09. The number of hydrogen-bond acceptors (Lipinski definition) is 7. The fourth-order valence-electron chi connectivity index (χ4n) is 4.75. The number of likely N-dealkylation sites (tertiary alicyclic amines) is 2. The van der Waals surface area contributed by atoms with Gasteiger partial charge >= 0.3 is 11.9 Å². The minimum absolute atomic E-state index is 0.0643. The van der Waals surface area contributed by atoms with Crippen LogP contribution in [-0.2, 0) is 30.4 Å². The maximum atomic E-state index is 13.4. The maximum Gasteiger partial charge on any atom is 0.326 e. The summed E-state index contributed by atoms with van der Waals surface area (Å²) >= 11 is 0. The number of carboxylic acid groups (broad SMARTS) is 2. The molecule has 3 amide bonds. The molecule has 12 nitrogen and oxygen atoms in total. The molecule has 2 aliphatic rings. The first-order valence-corrected chi connectivity index (χ1v) is 12.0. The molecular weight excluding hydrogens is 472 g/mol. The summed E-state index contributed by atoms with van der Waals surface area (Å²) in [5, 5.41) is 30.5. The molecule has 0 radical (unpaired) electrons. The summed E-state index contributed by atoms with van der Waals surface area (Å²) in [6.45, 7) is 0.527. The molecule has 0 saturated carbocycles. The van der Waals surface area contributed by atoms with E-state index in [0.717, 1.165) is 0 Å². The Hall–Kier alpha value is -3.67. The van der Waals surface area contributed by atoms with E-state index in [0.29, 0.717) is 37.8 Å². The van der Waals surface area contributed by atoms with Gasteiger partial charge in [-0.25, -0.2) is 4.79 Å². The molecule has 0 spiro atoms. The van der Waals surface area contributed by atoms with Crippen molar-refractivity contribution in [2.45, 2.75) is 69.1 Å². The fourth-order valence-corrected chi connectivity index (χ4v) is 4.75. The number of carbonyl (C=O) groups is 5. The van der Waals surface area contributed by atoms with Gasteiger partial charge in [-0.15, -0.1) is 0 Å². The van der Waals surface area contributed by atoms with E-state index in [-0.39, 0.29) is 31.6 Å². The number of hydrogen-bond donors (Lipinski definition) is 5. The lowest BCUT2D eigenvalue weighted by molar-refractivity contribution is -0.152. The average molecular weight is 505 g/mol. The molecule has 4 unspecified atom stereocenters. The molecule has 2 fully saturated rings. The standard InChI is InChI=1S/C24H32N4O8/c25-16(13-14-5-7-15(29)8-6-14)21(32)26-17(9-10-20(30)31)22(33)27-11-1-3-18(27)23(34)28-12-2-4-19(28)24(35)36/h5-8,16-19,29H,1-4,9-13,25H2,(H,26,32)(H,30,31)(H,35,36). The van der Waals surface area contributed by atoms with Crippen molar-refractivity contribution in [1.82, 2.24) is 15.1 Å². The van der Waals surface area contributed by atoms with Crippen molar-refractivity contribution in [3.8, 4) is 5.75 Å². The summed E-state index contributed by atoms with van der Waals surface area (Å²) in [5.74, 6) is -3.87. The summed E-state index contributed by atoms with van der Waals surface area (Å²) in [5.41, 5.74) is 6.70. The molecule has 1 aromatic carbocycles. The number of carboxylic acids is 2. The summed E-state index contributed by atoms with van der Waals surface area (Å²) < 4.78 is 0. The third-order valence-electron chi connectivity index (χ3n) is 6.63. The fraction of sp³-hybridized carbons (Fsp3) is 0.542. The Bertz CT molecular complexity index is 998. The lowest BCUT2D eigenvalue weighted by atomic mass is 10.0. The molecule has 196 valence electrons. The normalized spacial score (nSPS) is 21.1. The highest BCUT2D eigenvalue weighted by atomic mass is 16.4. The van der Waals surface area contributed by atoms with Gasteiger partial charge in [0, 0.05) is 19.5 Å². The lowest BCUT2D eigenvalue weighted by Gasteiger charge is -2.32. The summed E-state index contributed by atoms with van der Waals surface area (Å²) in [4.78, 5) is 64.7. The van der Waals surface area contributed by atoms with E-state index in [9.17, 15) is 34.2 Å². The van der Waals surface area contributed by atoms with E-state index in [4.69, 9.17) is 10.8 Å². The van der Waals surface area contributed by atoms with E-state index >= 15 is 0 Å². The zero-order valence-corrected chi connectivity index (χ0v) is 19.8. The van der Waals surface area contributed by atoms with Gasteiger partial charge in [0.2, 0.25) is 17.7 Å². The first-order chi connectivity index (χ1) is 17.1. The third kappa shape index (κ3) is 6.51. The van der Waals surface area contributed by atoms with Crippen molar-refractivity contribution >= 4 is 29.7 Å². The largest absolute Gasteiger partial charge is 0.508 e. The van der Waals surface area contributed by atoms with Crippen LogP contribution in [0.25, 0.3) is 0 Å². The Labute approximate surface area is 208 Å². The monoisotopic (exact) mass is 504 g/mol. The number of rotatable bonds is 10. The van der Waals surface area contributed by atoms with Crippen molar-refractivity contribution in [3.05, 3.63) is 29.8 Å². The van der Waals surface area contributed by atoms with Gasteiger partial charge in [-0.1, -0.05) is 12.1 Å². The zero-order valence-electron chi connectivity index (χ0n) is 19.8. The SMILES string of the molecule is NC(Cc1ccc(O)cc1)C(=O)NC(CCC(=O)O)C(=O)N1CCCC1C(=O)N1CCCC1C(=O)O. The van der Waals surface area contributed by atoms with Crippen molar-refractivity contribution in [1.29, 1.82) is 0 Å². The van der Waals surface area contributed by atoms with Gasteiger partial charge in [0.05, 0.1) is 6.04 Å². The number of aliphatic carboxylic acids is 2. The van der Waals surface area contributed by atoms with Gasteiger partial charge in [0.25, 0.3) is 0 Å². The van der Waals surface area contributed by atoms with Crippen molar-refractivity contribution in [2.24, 2.45) is 5.73 Å². The second-order valence-electron chi connectivity index (χ2n) is 9.19. The topological polar surface area (TPSA) is 191 Å². The van der Waals surface area contributed by atoms with Gasteiger partial charge < -0.3 is 36.2 Å². The Morgan fingerprint density at radius 1 is 0.972 bits per heavy atom. The molecule has 6 N–H and O–H groups in total. The van der Waals surface area contributed by atoms with Crippen LogP contribution in [0.1, 0.15) is 44.1 Å². The quantitative estimate of drug-likeness (QED) is 0.284. The zero-order chi connectivity index (χ0) is 26.4. The van der Waals surface area contributed by atoms with Crippen LogP contribution in [0.5, 0.6) is 5.75 Å². The molecule has 0 aliphatic carbocycles. The highest BCUT2D eigenvalue weighted by Crippen LogP contribution is 2.26. The number of nitrogens with one attached hydrogen (secondary N) is 1. The molecule has 12 heteroatoms. The molecule has 0 bridgehead atoms. The molecular formula is C24H32N4O8. The highest BCUT2D eigenvalue weighted by Gasteiger charge is 2.43. The van der Waals surface area contributed by atoms with E-state index in [2.05, 4.69) is 5.32 Å². The van der Waals surface area contributed by atoms with E-state index < -0.39 is 53.8 Å². The molecule has 36 heavy (non-hydrogen) atoms. The molecule has 2 saturated heterocycles. The molecule has 2 heterocycles. The van der Waals surface area contributed by atoms with Crippen LogP contribution >= 0.6 is 0 Å². The van der Waals surface area contributed by atoms with Crippen molar-refractivity contribution in [3.63, 3.8) is 0 Å². The number of carbonyl (C=O) groups excluding carboxylic acids is 3. The minimum Gasteiger partial charge on any atom is -0.508 e. The van der Waals surface area contributed by atoms with Crippen molar-refractivity contribution < 1.29 is 39.3 Å². The molecule has 2 aliphatic heterocycles. The van der Waals surface area contributed by atoms with E-state index in [1.54, 1.807) is 12.1 Å². The van der Waals surface area contributed by atoms with Gasteiger partial charge in [-0.3, -0.25) is 19.2 Å². The van der Waals surface area contributed by atoms with Crippen LogP contribution in [0, 0.1) is 0 Å². The number of nitrogens with zero attached hydrogens (tertiary/aromatic N) is 2. The number of phenols is 1. The lowest BCUT2D eigenvalue weighted by Crippen LogP contribution is -2.57. The number of benzene rings is 1. The van der Waals surface area contributed by atoms with Crippen LogP contribution in [0.2, 0.25) is 0 Å². The smallest absolute Gasteiger partial charge is 0.326 e. The van der Waals surface area contributed by atoms with Gasteiger partial charge in [-0.05, 0) is 56.2 Å². The van der Waals surface area contributed by atoms with Crippen LogP contribution in [-0.4, -0.2) is 92.0 Å². The Balaban J connectivity index is 1.71. The van der Waals surface area contributed by atoms with Crippen molar-refractivity contribution in [2.75, 3.05) is 13.1 Å². The summed E-state index contributed by atoms with van der Waals surface area (Å²) in [7, 11) is 0. The van der Waals surface area contributed by atoms with Crippen LogP contribution in [0.3, 0.4) is 0 Å².